The number of halogens is 2. The second kappa shape index (κ2) is 6.83. The molecular formula is C14H19Cl2N3O2. The lowest BCUT2D eigenvalue weighted by atomic mass is 10.2. The van der Waals surface area contributed by atoms with Crippen LogP contribution in [0.2, 0.25) is 10.0 Å². The van der Waals surface area contributed by atoms with Gasteiger partial charge in [0.25, 0.3) is 0 Å². The Hall–Kier alpha value is -1.01. The molecule has 1 fully saturated rings. The number of carbonyl (C=O) groups is 1. The SMILES string of the molecule is CC1CN(CC(=O)Nc2c(Cl)cc(N)cc2Cl)CC(C)O1. The van der Waals surface area contributed by atoms with Crippen molar-refractivity contribution in [3.05, 3.63) is 22.2 Å². The van der Waals surface area contributed by atoms with Crippen LogP contribution >= 0.6 is 23.2 Å². The number of ether oxygens (including phenoxy) is 1. The molecule has 0 aliphatic carbocycles. The average molecular weight is 332 g/mol. The largest absolute Gasteiger partial charge is 0.399 e. The van der Waals surface area contributed by atoms with Crippen LogP contribution in [0.5, 0.6) is 0 Å². The first kappa shape index (κ1) is 16.4. The van der Waals surface area contributed by atoms with Crippen molar-refractivity contribution in [2.75, 3.05) is 30.7 Å². The molecule has 2 atom stereocenters. The van der Waals surface area contributed by atoms with Crippen LogP contribution in [0.15, 0.2) is 12.1 Å². The van der Waals surface area contributed by atoms with E-state index in [9.17, 15) is 4.79 Å². The lowest BCUT2D eigenvalue weighted by Crippen LogP contribution is -2.48. The molecule has 0 saturated carbocycles. The molecule has 1 aromatic rings. The van der Waals surface area contributed by atoms with E-state index in [4.69, 9.17) is 33.7 Å². The fraction of sp³-hybridized carbons (Fsp3) is 0.500. The highest BCUT2D eigenvalue weighted by Crippen LogP contribution is 2.32. The molecule has 21 heavy (non-hydrogen) atoms. The van der Waals surface area contributed by atoms with E-state index < -0.39 is 0 Å². The second-order valence-corrected chi connectivity index (χ2v) is 6.17. The van der Waals surface area contributed by atoms with Gasteiger partial charge in [-0.05, 0) is 26.0 Å². The minimum atomic E-state index is -0.162. The lowest BCUT2D eigenvalue weighted by Gasteiger charge is -2.34. The summed E-state index contributed by atoms with van der Waals surface area (Å²) in [4.78, 5) is 14.2. The molecule has 1 heterocycles. The third-order valence-electron chi connectivity index (χ3n) is 3.19. The number of anilines is 2. The molecule has 2 unspecified atom stereocenters. The smallest absolute Gasteiger partial charge is 0.238 e. The highest BCUT2D eigenvalue weighted by atomic mass is 35.5. The number of hydrogen-bond acceptors (Lipinski definition) is 4. The minimum Gasteiger partial charge on any atom is -0.399 e. The van der Waals surface area contributed by atoms with Crippen LogP contribution in [0.3, 0.4) is 0 Å². The molecule has 0 radical (unpaired) electrons. The summed E-state index contributed by atoms with van der Waals surface area (Å²) in [5.74, 6) is -0.162. The maximum Gasteiger partial charge on any atom is 0.238 e. The molecule has 0 spiro atoms. The summed E-state index contributed by atoms with van der Waals surface area (Å²) in [5.41, 5.74) is 6.49. The molecule has 1 aromatic carbocycles. The number of rotatable bonds is 3. The zero-order valence-corrected chi connectivity index (χ0v) is 13.5. The van der Waals surface area contributed by atoms with Gasteiger partial charge in [-0.3, -0.25) is 9.69 Å². The van der Waals surface area contributed by atoms with E-state index in [2.05, 4.69) is 5.32 Å². The summed E-state index contributed by atoms with van der Waals surface area (Å²) < 4.78 is 5.64. The summed E-state index contributed by atoms with van der Waals surface area (Å²) in [6.07, 6.45) is 0.232. The van der Waals surface area contributed by atoms with Crippen molar-refractivity contribution >= 4 is 40.5 Å². The number of hydrogen-bond donors (Lipinski definition) is 2. The molecular weight excluding hydrogens is 313 g/mol. The Morgan fingerprint density at radius 3 is 2.38 bits per heavy atom. The van der Waals surface area contributed by atoms with Crippen LogP contribution < -0.4 is 11.1 Å². The highest BCUT2D eigenvalue weighted by molar-refractivity contribution is 6.40. The van der Waals surface area contributed by atoms with E-state index in [1.165, 1.54) is 0 Å². The Balaban J connectivity index is 1.99. The quantitative estimate of drug-likeness (QED) is 0.835. The standard InChI is InChI=1S/C14H19Cl2N3O2/c1-8-5-19(6-9(2)21-8)7-13(20)18-14-11(15)3-10(17)4-12(14)16/h3-4,8-9H,5-7,17H2,1-2H3,(H,18,20). The molecule has 0 bridgehead atoms. The van der Waals surface area contributed by atoms with E-state index >= 15 is 0 Å². The Kier molecular flexibility index (Phi) is 5.32. The molecule has 116 valence electrons. The third kappa shape index (κ3) is 4.48. The van der Waals surface area contributed by atoms with Gasteiger partial charge in [0.05, 0.1) is 34.5 Å². The molecule has 1 amide bonds. The van der Waals surface area contributed by atoms with Crippen molar-refractivity contribution < 1.29 is 9.53 Å². The highest BCUT2D eigenvalue weighted by Gasteiger charge is 2.24. The Morgan fingerprint density at radius 1 is 1.33 bits per heavy atom. The van der Waals surface area contributed by atoms with Crippen LogP contribution in [0.1, 0.15) is 13.8 Å². The number of nitrogens with one attached hydrogen (secondary N) is 1. The molecule has 3 N–H and O–H groups in total. The fourth-order valence-corrected chi connectivity index (χ4v) is 3.11. The number of carbonyl (C=O) groups excluding carboxylic acids is 1. The monoisotopic (exact) mass is 331 g/mol. The summed E-state index contributed by atoms with van der Waals surface area (Å²) >= 11 is 12.1. The normalized spacial score (nSPS) is 23.0. The number of nitrogen functional groups attached to an aromatic ring is 1. The second-order valence-electron chi connectivity index (χ2n) is 5.36. The van der Waals surface area contributed by atoms with Gasteiger partial charge in [0.1, 0.15) is 0 Å². The van der Waals surface area contributed by atoms with Crippen molar-refractivity contribution in [3.63, 3.8) is 0 Å². The van der Waals surface area contributed by atoms with Gasteiger partial charge in [-0.2, -0.15) is 0 Å². The number of benzene rings is 1. The van der Waals surface area contributed by atoms with Crippen molar-refractivity contribution in [1.82, 2.24) is 4.90 Å². The van der Waals surface area contributed by atoms with E-state index in [0.29, 0.717) is 21.4 Å². The zero-order valence-electron chi connectivity index (χ0n) is 12.0. The lowest BCUT2D eigenvalue weighted by molar-refractivity contribution is -0.121. The molecule has 1 saturated heterocycles. The maximum absolute atomic E-state index is 12.1. The van der Waals surface area contributed by atoms with Gasteiger partial charge >= 0.3 is 0 Å². The van der Waals surface area contributed by atoms with Crippen LogP contribution in [-0.2, 0) is 9.53 Å². The van der Waals surface area contributed by atoms with E-state index in [1.807, 2.05) is 18.7 Å². The number of amides is 1. The van der Waals surface area contributed by atoms with Crippen LogP contribution in [0.25, 0.3) is 0 Å². The summed E-state index contributed by atoms with van der Waals surface area (Å²) in [6.45, 7) is 5.71. The van der Waals surface area contributed by atoms with Crippen LogP contribution in [-0.4, -0.2) is 42.6 Å². The van der Waals surface area contributed by atoms with Gasteiger partial charge in [0, 0.05) is 18.8 Å². The first-order valence-corrected chi connectivity index (χ1v) is 7.53. The van der Waals surface area contributed by atoms with Gasteiger partial charge < -0.3 is 15.8 Å². The van der Waals surface area contributed by atoms with Crippen molar-refractivity contribution in [1.29, 1.82) is 0 Å². The summed E-state index contributed by atoms with van der Waals surface area (Å²) in [7, 11) is 0. The van der Waals surface area contributed by atoms with E-state index in [1.54, 1.807) is 12.1 Å². The molecule has 1 aliphatic rings. The predicted octanol–water partition coefficient (Wildman–Crippen LogP) is 2.62. The molecule has 5 nitrogen and oxygen atoms in total. The van der Waals surface area contributed by atoms with Gasteiger partial charge in [-0.15, -0.1) is 0 Å². The fourth-order valence-electron chi connectivity index (χ4n) is 2.51. The Labute approximate surface area is 134 Å². The van der Waals surface area contributed by atoms with Crippen molar-refractivity contribution in [3.8, 4) is 0 Å². The summed E-state index contributed by atoms with van der Waals surface area (Å²) in [6, 6.07) is 3.11. The average Bonchev–Trinajstić information content (AvgIpc) is 2.32. The third-order valence-corrected chi connectivity index (χ3v) is 3.79. The first-order chi connectivity index (χ1) is 9.85. The number of nitrogens with zero attached hydrogens (tertiary/aromatic N) is 1. The van der Waals surface area contributed by atoms with Crippen molar-refractivity contribution in [2.24, 2.45) is 0 Å². The maximum atomic E-state index is 12.1. The van der Waals surface area contributed by atoms with Crippen molar-refractivity contribution in [2.45, 2.75) is 26.1 Å². The molecule has 1 aliphatic heterocycles. The Morgan fingerprint density at radius 2 is 1.86 bits per heavy atom. The van der Waals surface area contributed by atoms with Crippen LogP contribution in [0, 0.1) is 0 Å². The van der Waals surface area contributed by atoms with Crippen LogP contribution in [0.4, 0.5) is 11.4 Å². The van der Waals surface area contributed by atoms with Gasteiger partial charge in [-0.25, -0.2) is 0 Å². The summed E-state index contributed by atoms with van der Waals surface area (Å²) in [5, 5.41) is 3.40. The zero-order chi connectivity index (χ0) is 15.6. The topological polar surface area (TPSA) is 67.6 Å². The van der Waals surface area contributed by atoms with E-state index in [-0.39, 0.29) is 24.7 Å². The minimum absolute atomic E-state index is 0.116. The number of morpholine rings is 1. The molecule has 2 rings (SSSR count). The first-order valence-electron chi connectivity index (χ1n) is 6.77. The molecule has 0 aromatic heterocycles. The van der Waals surface area contributed by atoms with Gasteiger partial charge in [0.2, 0.25) is 5.91 Å². The number of nitrogens with two attached hydrogens (primary N) is 1. The predicted molar refractivity (Wildman–Crippen MR) is 86.0 cm³/mol. The Bertz CT molecular complexity index is 506. The van der Waals surface area contributed by atoms with E-state index in [0.717, 1.165) is 13.1 Å². The van der Waals surface area contributed by atoms with Gasteiger partial charge in [0.15, 0.2) is 0 Å². The molecule has 7 heteroatoms. The van der Waals surface area contributed by atoms with Gasteiger partial charge in [-0.1, -0.05) is 23.2 Å².